The topological polar surface area (TPSA) is 29.1 Å². The molecular weight excluding hydrogens is 222 g/mol. The fourth-order valence-corrected chi connectivity index (χ4v) is 1.81. The number of carbonyl (C=O) groups is 1. The zero-order valence-electron chi connectivity index (χ0n) is 12.0. The van der Waals surface area contributed by atoms with Crippen molar-refractivity contribution in [3.05, 3.63) is 29.8 Å². The van der Waals surface area contributed by atoms with Crippen LogP contribution in [0.4, 0.5) is 5.69 Å². The summed E-state index contributed by atoms with van der Waals surface area (Å²) in [5, 5.41) is 2.94. The van der Waals surface area contributed by atoms with E-state index in [1.807, 2.05) is 26.0 Å². The molecule has 0 aliphatic rings. The summed E-state index contributed by atoms with van der Waals surface area (Å²) in [6.45, 7) is 8.31. The van der Waals surface area contributed by atoms with E-state index in [1.165, 1.54) is 18.4 Å². The number of hydrogen-bond donors (Lipinski definition) is 1. The van der Waals surface area contributed by atoms with Gasteiger partial charge >= 0.3 is 0 Å². The molecule has 1 N–H and O–H groups in total. The van der Waals surface area contributed by atoms with Crippen molar-refractivity contribution in [3.63, 3.8) is 0 Å². The third-order valence-electron chi connectivity index (χ3n) is 2.97. The molecule has 1 aromatic rings. The summed E-state index contributed by atoms with van der Waals surface area (Å²) in [4.78, 5) is 11.6. The van der Waals surface area contributed by atoms with Gasteiger partial charge in [0.1, 0.15) is 0 Å². The van der Waals surface area contributed by atoms with Crippen molar-refractivity contribution in [2.45, 2.75) is 47.0 Å². The van der Waals surface area contributed by atoms with Gasteiger partial charge in [0, 0.05) is 11.6 Å². The van der Waals surface area contributed by atoms with Gasteiger partial charge in [-0.15, -0.1) is 0 Å². The number of rotatable bonds is 6. The number of aryl methyl sites for hydroxylation is 1. The molecule has 0 aliphatic heterocycles. The number of amides is 1. The highest BCUT2D eigenvalue weighted by Crippen LogP contribution is 2.15. The third kappa shape index (κ3) is 5.35. The maximum atomic E-state index is 11.6. The summed E-state index contributed by atoms with van der Waals surface area (Å²) >= 11 is 0. The van der Waals surface area contributed by atoms with Crippen LogP contribution in [-0.4, -0.2) is 5.91 Å². The van der Waals surface area contributed by atoms with E-state index in [-0.39, 0.29) is 11.8 Å². The maximum Gasteiger partial charge on any atom is 0.226 e. The molecule has 100 valence electrons. The van der Waals surface area contributed by atoms with Crippen LogP contribution < -0.4 is 5.32 Å². The Morgan fingerprint density at radius 2 is 1.94 bits per heavy atom. The van der Waals surface area contributed by atoms with Crippen molar-refractivity contribution in [1.82, 2.24) is 0 Å². The second-order valence-corrected chi connectivity index (χ2v) is 5.63. The molecule has 0 atom stereocenters. The highest BCUT2D eigenvalue weighted by Gasteiger charge is 2.07. The Morgan fingerprint density at radius 1 is 1.22 bits per heavy atom. The number of carbonyl (C=O) groups excluding carboxylic acids is 1. The lowest BCUT2D eigenvalue weighted by atomic mass is 10.0. The number of benzene rings is 1. The van der Waals surface area contributed by atoms with Crippen LogP contribution in [-0.2, 0) is 11.2 Å². The van der Waals surface area contributed by atoms with Gasteiger partial charge in [-0.1, -0.05) is 46.2 Å². The minimum atomic E-state index is 0.0228. The van der Waals surface area contributed by atoms with Crippen molar-refractivity contribution < 1.29 is 4.79 Å². The molecular formula is C16H25NO. The third-order valence-corrected chi connectivity index (χ3v) is 2.97. The van der Waals surface area contributed by atoms with Gasteiger partial charge in [0.05, 0.1) is 0 Å². The molecule has 1 rings (SSSR count). The van der Waals surface area contributed by atoms with Gasteiger partial charge in [-0.3, -0.25) is 4.79 Å². The van der Waals surface area contributed by atoms with E-state index in [2.05, 4.69) is 31.3 Å². The van der Waals surface area contributed by atoms with Gasteiger partial charge in [-0.25, -0.2) is 0 Å². The Bertz CT molecular complexity index is 382. The van der Waals surface area contributed by atoms with E-state index in [0.717, 1.165) is 18.0 Å². The van der Waals surface area contributed by atoms with E-state index in [0.29, 0.717) is 0 Å². The Kier molecular flexibility index (Phi) is 5.90. The molecule has 2 heteroatoms. The van der Waals surface area contributed by atoms with Gasteiger partial charge in [0.2, 0.25) is 5.91 Å². The van der Waals surface area contributed by atoms with Crippen molar-refractivity contribution in [3.8, 4) is 0 Å². The first-order valence-electron chi connectivity index (χ1n) is 6.89. The molecule has 0 unspecified atom stereocenters. The first-order chi connectivity index (χ1) is 8.49. The number of nitrogens with one attached hydrogen (secondary N) is 1. The van der Waals surface area contributed by atoms with E-state index in [4.69, 9.17) is 0 Å². The SMILES string of the molecule is CC(C)CCCc1cccc(NC(=O)C(C)C)c1. The molecule has 0 saturated carbocycles. The lowest BCUT2D eigenvalue weighted by Gasteiger charge is -2.10. The zero-order chi connectivity index (χ0) is 13.5. The molecule has 0 bridgehead atoms. The smallest absolute Gasteiger partial charge is 0.226 e. The fraction of sp³-hybridized carbons (Fsp3) is 0.562. The Balaban J connectivity index is 2.54. The molecule has 18 heavy (non-hydrogen) atoms. The Hall–Kier alpha value is -1.31. The minimum absolute atomic E-state index is 0.0228. The minimum Gasteiger partial charge on any atom is -0.326 e. The van der Waals surface area contributed by atoms with E-state index in [1.54, 1.807) is 0 Å². The molecule has 0 saturated heterocycles. The summed E-state index contributed by atoms with van der Waals surface area (Å²) < 4.78 is 0. The average molecular weight is 247 g/mol. The van der Waals surface area contributed by atoms with Crippen LogP contribution in [0.2, 0.25) is 0 Å². The molecule has 0 fully saturated rings. The fourth-order valence-electron chi connectivity index (χ4n) is 1.81. The predicted octanol–water partition coefficient (Wildman–Crippen LogP) is 4.26. The second kappa shape index (κ2) is 7.20. The molecule has 2 nitrogen and oxygen atoms in total. The van der Waals surface area contributed by atoms with Crippen LogP contribution in [0.25, 0.3) is 0 Å². The lowest BCUT2D eigenvalue weighted by Crippen LogP contribution is -2.17. The van der Waals surface area contributed by atoms with Crippen molar-refractivity contribution in [1.29, 1.82) is 0 Å². The van der Waals surface area contributed by atoms with Crippen LogP contribution in [0.15, 0.2) is 24.3 Å². The van der Waals surface area contributed by atoms with Crippen LogP contribution in [0, 0.1) is 11.8 Å². The van der Waals surface area contributed by atoms with Crippen LogP contribution in [0.1, 0.15) is 46.1 Å². The highest BCUT2D eigenvalue weighted by molar-refractivity contribution is 5.92. The first kappa shape index (κ1) is 14.7. The van der Waals surface area contributed by atoms with Crippen molar-refractivity contribution >= 4 is 11.6 Å². The van der Waals surface area contributed by atoms with E-state index in [9.17, 15) is 4.79 Å². The number of hydrogen-bond acceptors (Lipinski definition) is 1. The molecule has 0 aromatic heterocycles. The van der Waals surface area contributed by atoms with Crippen molar-refractivity contribution in [2.75, 3.05) is 5.32 Å². The predicted molar refractivity (Wildman–Crippen MR) is 77.7 cm³/mol. The van der Waals surface area contributed by atoms with Crippen LogP contribution >= 0.6 is 0 Å². The average Bonchev–Trinajstić information content (AvgIpc) is 2.28. The standard InChI is InChI=1S/C16H25NO/c1-12(2)7-5-8-14-9-6-10-15(11-14)17-16(18)13(3)4/h6,9-13H,5,7-8H2,1-4H3,(H,17,18). The molecule has 0 aliphatic carbocycles. The molecule has 0 radical (unpaired) electrons. The molecule has 1 amide bonds. The van der Waals surface area contributed by atoms with Gasteiger partial charge in [-0.2, -0.15) is 0 Å². The van der Waals surface area contributed by atoms with Gasteiger partial charge in [0.15, 0.2) is 0 Å². The van der Waals surface area contributed by atoms with Crippen LogP contribution in [0.5, 0.6) is 0 Å². The largest absolute Gasteiger partial charge is 0.326 e. The summed E-state index contributed by atoms with van der Waals surface area (Å²) in [7, 11) is 0. The maximum absolute atomic E-state index is 11.6. The monoisotopic (exact) mass is 247 g/mol. The summed E-state index contributed by atoms with van der Waals surface area (Å²) in [5.74, 6) is 0.859. The lowest BCUT2D eigenvalue weighted by molar-refractivity contribution is -0.118. The van der Waals surface area contributed by atoms with Crippen LogP contribution in [0.3, 0.4) is 0 Å². The summed E-state index contributed by atoms with van der Waals surface area (Å²) in [5.41, 5.74) is 2.22. The summed E-state index contributed by atoms with van der Waals surface area (Å²) in [6, 6.07) is 8.18. The molecule has 0 spiro atoms. The first-order valence-corrected chi connectivity index (χ1v) is 6.89. The normalized spacial score (nSPS) is 11.0. The molecule has 0 heterocycles. The van der Waals surface area contributed by atoms with Gasteiger partial charge in [0.25, 0.3) is 0 Å². The quantitative estimate of drug-likeness (QED) is 0.799. The zero-order valence-corrected chi connectivity index (χ0v) is 12.0. The van der Waals surface area contributed by atoms with E-state index < -0.39 is 0 Å². The Morgan fingerprint density at radius 3 is 2.56 bits per heavy atom. The highest BCUT2D eigenvalue weighted by atomic mass is 16.1. The molecule has 1 aromatic carbocycles. The number of anilines is 1. The Labute approximate surface area is 111 Å². The van der Waals surface area contributed by atoms with Gasteiger partial charge in [-0.05, 0) is 36.5 Å². The summed E-state index contributed by atoms with van der Waals surface area (Å²) in [6.07, 6.45) is 3.55. The van der Waals surface area contributed by atoms with Gasteiger partial charge < -0.3 is 5.32 Å². The van der Waals surface area contributed by atoms with Crippen molar-refractivity contribution in [2.24, 2.45) is 11.8 Å². The van der Waals surface area contributed by atoms with E-state index >= 15 is 0 Å². The second-order valence-electron chi connectivity index (χ2n) is 5.63.